The van der Waals surface area contributed by atoms with Crippen LogP contribution in [0.5, 0.6) is 0 Å². The third-order valence-electron chi connectivity index (χ3n) is 7.32. The fourth-order valence-electron chi connectivity index (χ4n) is 5.93. The van der Waals surface area contributed by atoms with Gasteiger partial charge in [-0.05, 0) is 68.1 Å². The molecule has 5 fully saturated rings. The van der Waals surface area contributed by atoms with Gasteiger partial charge in [-0.1, -0.05) is 6.58 Å². The van der Waals surface area contributed by atoms with Crippen molar-refractivity contribution < 1.29 is 9.53 Å². The van der Waals surface area contributed by atoms with Gasteiger partial charge in [-0.25, -0.2) is 4.79 Å². The summed E-state index contributed by atoms with van der Waals surface area (Å²) in [5.74, 6) is 1.77. The molecule has 1 aliphatic heterocycles. The summed E-state index contributed by atoms with van der Waals surface area (Å²) in [5.41, 5.74) is 2.00. The fraction of sp³-hybridized carbons (Fsp3) is 0.824. The molecule has 2 heteroatoms. The monoisotopic (exact) mass is 258 g/mol. The van der Waals surface area contributed by atoms with E-state index in [0.29, 0.717) is 22.7 Å². The summed E-state index contributed by atoms with van der Waals surface area (Å²) < 4.78 is 5.83. The third-order valence-corrected chi connectivity index (χ3v) is 7.32. The van der Waals surface area contributed by atoms with Crippen molar-refractivity contribution in [3.05, 3.63) is 12.2 Å². The molecule has 2 unspecified atom stereocenters. The maximum Gasteiger partial charge on any atom is 0.334 e. The molecule has 0 amide bonds. The SMILES string of the molecule is C=C1C(=O)O[C@H]2C1CCC1(CC1)C1CCC3(CC3)[C@@H]12. The van der Waals surface area contributed by atoms with Gasteiger partial charge in [0.15, 0.2) is 0 Å². The lowest BCUT2D eigenvalue weighted by atomic mass is 9.74. The van der Waals surface area contributed by atoms with Crippen LogP contribution in [0.2, 0.25) is 0 Å². The minimum Gasteiger partial charge on any atom is -0.458 e. The van der Waals surface area contributed by atoms with Gasteiger partial charge >= 0.3 is 5.97 Å². The first-order valence-electron chi connectivity index (χ1n) is 8.05. The van der Waals surface area contributed by atoms with Crippen LogP contribution in [-0.4, -0.2) is 12.1 Å². The molecule has 5 rings (SSSR count). The average Bonchev–Trinajstić information content (AvgIpc) is 3.26. The number of fused-ring (bicyclic) bond motifs is 5. The smallest absolute Gasteiger partial charge is 0.334 e. The molecule has 102 valence electrons. The van der Waals surface area contributed by atoms with Gasteiger partial charge in [0.1, 0.15) is 6.10 Å². The van der Waals surface area contributed by atoms with Crippen molar-refractivity contribution in [2.75, 3.05) is 0 Å². The van der Waals surface area contributed by atoms with Crippen LogP contribution in [0.15, 0.2) is 12.2 Å². The van der Waals surface area contributed by atoms with Crippen LogP contribution in [0, 0.1) is 28.6 Å². The van der Waals surface area contributed by atoms with E-state index in [1.54, 1.807) is 0 Å². The van der Waals surface area contributed by atoms with E-state index in [4.69, 9.17) is 4.74 Å². The van der Waals surface area contributed by atoms with Crippen LogP contribution in [0.1, 0.15) is 51.4 Å². The Kier molecular flexibility index (Phi) is 1.78. The number of carbonyl (C=O) groups is 1. The molecule has 0 aromatic heterocycles. The Labute approximate surface area is 114 Å². The normalized spacial score (nSPS) is 47.8. The van der Waals surface area contributed by atoms with Gasteiger partial charge in [0.2, 0.25) is 0 Å². The quantitative estimate of drug-likeness (QED) is 0.491. The summed E-state index contributed by atoms with van der Waals surface area (Å²) in [5, 5.41) is 0. The molecule has 5 aliphatic rings. The van der Waals surface area contributed by atoms with E-state index in [9.17, 15) is 4.79 Å². The van der Waals surface area contributed by atoms with Crippen molar-refractivity contribution in [2.24, 2.45) is 28.6 Å². The minimum absolute atomic E-state index is 0.0943. The lowest BCUT2D eigenvalue weighted by molar-refractivity contribution is -0.143. The van der Waals surface area contributed by atoms with Gasteiger partial charge in [0, 0.05) is 17.4 Å². The molecule has 4 saturated carbocycles. The van der Waals surface area contributed by atoms with E-state index in [0.717, 1.165) is 17.9 Å². The zero-order valence-electron chi connectivity index (χ0n) is 11.5. The number of ether oxygens (including phenoxy) is 1. The lowest BCUT2D eigenvalue weighted by Gasteiger charge is -2.32. The van der Waals surface area contributed by atoms with Crippen molar-refractivity contribution >= 4 is 5.97 Å². The van der Waals surface area contributed by atoms with Crippen molar-refractivity contribution in [3.63, 3.8) is 0 Å². The number of carbonyl (C=O) groups excluding carboxylic acids is 1. The van der Waals surface area contributed by atoms with Gasteiger partial charge in [-0.3, -0.25) is 0 Å². The largest absolute Gasteiger partial charge is 0.458 e. The average molecular weight is 258 g/mol. The van der Waals surface area contributed by atoms with E-state index < -0.39 is 0 Å². The molecule has 19 heavy (non-hydrogen) atoms. The highest BCUT2D eigenvalue weighted by Gasteiger charge is 2.69. The Morgan fingerprint density at radius 1 is 1.00 bits per heavy atom. The van der Waals surface area contributed by atoms with Crippen molar-refractivity contribution in [1.82, 2.24) is 0 Å². The first-order chi connectivity index (χ1) is 9.15. The summed E-state index contributed by atoms with van der Waals surface area (Å²) in [6.45, 7) is 4.04. The Hall–Kier alpha value is -0.790. The molecule has 0 aromatic rings. The summed E-state index contributed by atoms with van der Waals surface area (Å²) in [6.07, 6.45) is 11.1. The second-order valence-corrected chi connectivity index (χ2v) is 7.94. The van der Waals surface area contributed by atoms with E-state index in [-0.39, 0.29) is 12.1 Å². The fourth-order valence-corrected chi connectivity index (χ4v) is 5.93. The van der Waals surface area contributed by atoms with Gasteiger partial charge in [0.25, 0.3) is 0 Å². The number of rotatable bonds is 0. The molecular formula is C17H22O2. The second kappa shape index (κ2) is 3.10. The maximum atomic E-state index is 11.9. The summed E-state index contributed by atoms with van der Waals surface area (Å²) in [4.78, 5) is 11.9. The van der Waals surface area contributed by atoms with Gasteiger partial charge in [-0.2, -0.15) is 0 Å². The Bertz CT molecular complexity index is 483. The Balaban J connectivity index is 1.60. The van der Waals surface area contributed by atoms with E-state index in [1.165, 1.54) is 44.9 Å². The summed E-state index contributed by atoms with van der Waals surface area (Å²) in [6, 6.07) is 0. The predicted molar refractivity (Wildman–Crippen MR) is 71.3 cm³/mol. The molecule has 4 aliphatic carbocycles. The molecule has 2 spiro atoms. The second-order valence-electron chi connectivity index (χ2n) is 7.94. The molecule has 4 atom stereocenters. The highest BCUT2D eigenvalue weighted by Crippen LogP contribution is 2.74. The summed E-state index contributed by atoms with van der Waals surface area (Å²) in [7, 11) is 0. The number of hydrogen-bond donors (Lipinski definition) is 0. The Morgan fingerprint density at radius 3 is 2.37 bits per heavy atom. The molecule has 0 aromatic carbocycles. The van der Waals surface area contributed by atoms with E-state index >= 15 is 0 Å². The molecular weight excluding hydrogens is 236 g/mol. The van der Waals surface area contributed by atoms with Crippen LogP contribution >= 0.6 is 0 Å². The number of hydrogen-bond acceptors (Lipinski definition) is 2. The molecule has 1 heterocycles. The van der Waals surface area contributed by atoms with Crippen LogP contribution in [0.3, 0.4) is 0 Å². The van der Waals surface area contributed by atoms with E-state index in [1.807, 2.05) is 0 Å². The lowest BCUT2D eigenvalue weighted by Crippen LogP contribution is -2.34. The number of esters is 1. The van der Waals surface area contributed by atoms with E-state index in [2.05, 4.69) is 6.58 Å². The molecule has 0 radical (unpaired) electrons. The Morgan fingerprint density at radius 2 is 1.68 bits per heavy atom. The van der Waals surface area contributed by atoms with Gasteiger partial charge < -0.3 is 4.74 Å². The highest BCUT2D eigenvalue weighted by molar-refractivity contribution is 5.90. The standard InChI is InChI=1S/C17H22O2/c1-10-11-2-4-16(6-7-16)12-3-5-17(8-9-17)13(12)14(11)19-15(10)18/h11-14H,1-9H2/t11?,12?,13-,14-/m0/s1. The third kappa shape index (κ3) is 1.22. The summed E-state index contributed by atoms with van der Waals surface area (Å²) >= 11 is 0. The van der Waals surface area contributed by atoms with Crippen LogP contribution in [0.4, 0.5) is 0 Å². The molecule has 0 N–H and O–H groups in total. The molecule has 1 saturated heterocycles. The highest BCUT2D eigenvalue weighted by atomic mass is 16.6. The van der Waals surface area contributed by atoms with Gasteiger partial charge in [0.05, 0.1) is 0 Å². The zero-order chi connectivity index (χ0) is 12.8. The van der Waals surface area contributed by atoms with Crippen molar-refractivity contribution in [2.45, 2.75) is 57.5 Å². The van der Waals surface area contributed by atoms with Crippen molar-refractivity contribution in [1.29, 1.82) is 0 Å². The first kappa shape index (κ1) is 10.9. The maximum absolute atomic E-state index is 11.9. The van der Waals surface area contributed by atoms with Gasteiger partial charge in [-0.15, -0.1) is 0 Å². The minimum atomic E-state index is -0.0943. The van der Waals surface area contributed by atoms with Crippen LogP contribution in [-0.2, 0) is 9.53 Å². The first-order valence-corrected chi connectivity index (χ1v) is 8.05. The van der Waals surface area contributed by atoms with Crippen LogP contribution < -0.4 is 0 Å². The predicted octanol–water partition coefficient (Wildman–Crippen LogP) is 3.46. The van der Waals surface area contributed by atoms with Crippen molar-refractivity contribution in [3.8, 4) is 0 Å². The zero-order valence-corrected chi connectivity index (χ0v) is 11.5. The van der Waals surface area contributed by atoms with Crippen LogP contribution in [0.25, 0.3) is 0 Å². The molecule has 0 bridgehead atoms. The topological polar surface area (TPSA) is 26.3 Å². The molecule has 2 nitrogen and oxygen atoms in total.